The van der Waals surface area contributed by atoms with Crippen LogP contribution in [0.15, 0.2) is 87.2 Å². The highest BCUT2D eigenvalue weighted by molar-refractivity contribution is 7.89. The van der Waals surface area contributed by atoms with Gasteiger partial charge in [0.1, 0.15) is 5.76 Å². The maximum absolute atomic E-state index is 13.5. The Bertz CT molecular complexity index is 1370. The van der Waals surface area contributed by atoms with Crippen LogP contribution in [0.5, 0.6) is 0 Å². The van der Waals surface area contributed by atoms with Crippen LogP contribution in [0.2, 0.25) is 0 Å². The van der Waals surface area contributed by atoms with Gasteiger partial charge < -0.3 is 9.73 Å². The highest BCUT2D eigenvalue weighted by atomic mass is 32.2. The Balaban J connectivity index is 1.57. The van der Waals surface area contributed by atoms with Gasteiger partial charge in [-0.25, -0.2) is 16.8 Å². The van der Waals surface area contributed by atoms with E-state index in [1.54, 1.807) is 42.5 Å². The van der Waals surface area contributed by atoms with Gasteiger partial charge in [-0.3, -0.25) is 4.79 Å². The van der Waals surface area contributed by atoms with E-state index in [9.17, 15) is 21.6 Å². The van der Waals surface area contributed by atoms with Gasteiger partial charge in [0, 0.05) is 18.3 Å². The van der Waals surface area contributed by atoms with Crippen molar-refractivity contribution in [2.45, 2.75) is 48.6 Å². The van der Waals surface area contributed by atoms with Gasteiger partial charge in [-0.2, -0.15) is 8.61 Å². The number of hydrogen-bond acceptors (Lipinski definition) is 6. The van der Waals surface area contributed by atoms with Crippen molar-refractivity contribution in [2.75, 3.05) is 18.4 Å². The monoisotopic (exact) mass is 531 g/mol. The average molecular weight is 532 g/mol. The van der Waals surface area contributed by atoms with Gasteiger partial charge in [0.15, 0.2) is 0 Å². The molecule has 1 aliphatic heterocycles. The van der Waals surface area contributed by atoms with Crippen LogP contribution in [0.25, 0.3) is 0 Å². The Hall–Kier alpha value is -2.99. The van der Waals surface area contributed by atoms with Crippen molar-refractivity contribution in [3.05, 3.63) is 78.8 Å². The van der Waals surface area contributed by atoms with Crippen LogP contribution in [0.4, 0.5) is 5.69 Å². The lowest BCUT2D eigenvalue weighted by Crippen LogP contribution is -2.41. The Morgan fingerprint density at radius 1 is 0.972 bits per heavy atom. The summed E-state index contributed by atoms with van der Waals surface area (Å²) >= 11 is 0. The Morgan fingerprint density at radius 3 is 2.31 bits per heavy atom. The van der Waals surface area contributed by atoms with Crippen molar-refractivity contribution in [3.63, 3.8) is 0 Å². The van der Waals surface area contributed by atoms with Crippen LogP contribution in [-0.4, -0.2) is 50.5 Å². The van der Waals surface area contributed by atoms with E-state index in [1.165, 1.54) is 34.8 Å². The summed E-state index contributed by atoms with van der Waals surface area (Å²) in [5.74, 6) is -0.154. The summed E-state index contributed by atoms with van der Waals surface area (Å²) in [6.45, 7) is 1.70. The summed E-state index contributed by atoms with van der Waals surface area (Å²) in [6, 6.07) is 17.0. The fourth-order valence-corrected chi connectivity index (χ4v) is 7.24. The molecule has 4 rings (SSSR count). The number of nitrogens with zero attached hydrogens (tertiary/aromatic N) is 2. The third-order valence-corrected chi connectivity index (χ3v) is 9.93. The highest BCUT2D eigenvalue weighted by Crippen LogP contribution is 2.27. The molecule has 1 fully saturated rings. The van der Waals surface area contributed by atoms with E-state index < -0.39 is 32.5 Å². The van der Waals surface area contributed by atoms with E-state index in [0.29, 0.717) is 18.0 Å². The molecule has 11 heteroatoms. The number of amides is 1. The van der Waals surface area contributed by atoms with Crippen molar-refractivity contribution in [1.29, 1.82) is 0 Å². The number of anilines is 1. The number of hydrogen-bond donors (Lipinski definition) is 1. The minimum absolute atomic E-state index is 0.0367. The first-order valence-electron chi connectivity index (χ1n) is 11.7. The van der Waals surface area contributed by atoms with Crippen LogP contribution in [0.3, 0.4) is 0 Å². The molecule has 0 unspecified atom stereocenters. The molecule has 3 aromatic rings. The fraction of sp³-hybridized carbons (Fsp3) is 0.320. The SMILES string of the molecule is C[C@@H]1CCCCN1S(=O)(=O)c1ccc(S(=O)(=O)N(CC(=O)Nc2ccccc2)Cc2ccco2)cc1. The number of sulfonamides is 2. The number of furan rings is 1. The lowest BCUT2D eigenvalue weighted by Gasteiger charge is -2.32. The molecular formula is C25H29N3O6S2. The number of carbonyl (C=O) groups excluding carboxylic acids is 1. The largest absolute Gasteiger partial charge is 0.468 e. The third-order valence-electron chi connectivity index (χ3n) is 6.10. The Labute approximate surface area is 211 Å². The number of piperidine rings is 1. The van der Waals surface area contributed by atoms with Gasteiger partial charge in [-0.15, -0.1) is 0 Å². The first-order valence-corrected chi connectivity index (χ1v) is 14.6. The van der Waals surface area contributed by atoms with Gasteiger partial charge >= 0.3 is 0 Å². The molecule has 1 N–H and O–H groups in total. The normalized spacial score (nSPS) is 17.2. The quantitative estimate of drug-likeness (QED) is 0.450. The van der Waals surface area contributed by atoms with E-state index in [4.69, 9.17) is 4.42 Å². The zero-order chi connectivity index (χ0) is 25.8. The van der Waals surface area contributed by atoms with Gasteiger partial charge in [-0.05, 0) is 68.3 Å². The van der Waals surface area contributed by atoms with E-state index in [-0.39, 0.29) is 22.4 Å². The standard InChI is InChI=1S/C25H29N3O6S2/c1-20-8-5-6-16-28(20)36(32,33)24-14-12-23(13-15-24)35(30,31)27(18-22-11-7-17-34-22)19-25(29)26-21-9-3-2-4-10-21/h2-4,7,9-15,17,20H,5-6,8,16,18-19H2,1H3,(H,26,29)/t20-/m1/s1. The summed E-state index contributed by atoms with van der Waals surface area (Å²) < 4.78 is 61.0. The van der Waals surface area contributed by atoms with E-state index in [0.717, 1.165) is 23.6 Å². The second-order valence-electron chi connectivity index (χ2n) is 8.70. The number of carbonyl (C=O) groups is 1. The predicted octanol–water partition coefficient (Wildman–Crippen LogP) is 3.67. The van der Waals surface area contributed by atoms with Gasteiger partial charge in [0.25, 0.3) is 0 Å². The molecule has 0 radical (unpaired) electrons. The summed E-state index contributed by atoms with van der Waals surface area (Å²) in [5, 5.41) is 2.68. The first kappa shape index (κ1) is 26.1. The van der Waals surface area contributed by atoms with Crippen LogP contribution in [0.1, 0.15) is 31.9 Å². The van der Waals surface area contributed by atoms with E-state index >= 15 is 0 Å². The molecule has 0 saturated carbocycles. The molecule has 0 spiro atoms. The van der Waals surface area contributed by atoms with Gasteiger partial charge in [0.2, 0.25) is 26.0 Å². The molecule has 0 bridgehead atoms. The maximum atomic E-state index is 13.5. The average Bonchev–Trinajstić information content (AvgIpc) is 3.38. The summed E-state index contributed by atoms with van der Waals surface area (Å²) in [4.78, 5) is 12.6. The molecule has 1 atom stereocenters. The molecule has 2 heterocycles. The summed E-state index contributed by atoms with van der Waals surface area (Å²) in [6.07, 6.45) is 3.99. The van der Waals surface area contributed by atoms with Crippen LogP contribution in [0, 0.1) is 0 Å². The van der Waals surface area contributed by atoms with Crippen molar-refractivity contribution in [2.24, 2.45) is 0 Å². The predicted molar refractivity (Wildman–Crippen MR) is 135 cm³/mol. The molecule has 9 nitrogen and oxygen atoms in total. The first-order chi connectivity index (χ1) is 17.2. The van der Waals surface area contributed by atoms with E-state index in [2.05, 4.69) is 5.32 Å². The zero-order valence-corrected chi connectivity index (χ0v) is 21.5. The van der Waals surface area contributed by atoms with Crippen LogP contribution in [-0.2, 0) is 31.4 Å². The van der Waals surface area contributed by atoms with Gasteiger partial charge in [0.05, 0.1) is 29.1 Å². The second-order valence-corrected chi connectivity index (χ2v) is 12.5. The third kappa shape index (κ3) is 5.86. The lowest BCUT2D eigenvalue weighted by atomic mass is 10.1. The molecule has 0 aliphatic carbocycles. The molecule has 2 aromatic carbocycles. The minimum Gasteiger partial charge on any atom is -0.468 e. The lowest BCUT2D eigenvalue weighted by molar-refractivity contribution is -0.116. The topological polar surface area (TPSA) is 117 Å². The Morgan fingerprint density at radius 2 is 1.67 bits per heavy atom. The summed E-state index contributed by atoms with van der Waals surface area (Å²) in [7, 11) is -7.90. The maximum Gasteiger partial charge on any atom is 0.243 e. The molecule has 1 amide bonds. The second kappa shape index (κ2) is 11.0. The molecule has 1 saturated heterocycles. The van der Waals surface area contributed by atoms with Crippen LogP contribution < -0.4 is 5.32 Å². The molecular weight excluding hydrogens is 502 g/mol. The van der Waals surface area contributed by atoms with E-state index in [1.807, 2.05) is 6.92 Å². The molecule has 192 valence electrons. The Kier molecular flexibility index (Phi) is 7.94. The fourth-order valence-electron chi connectivity index (χ4n) is 4.18. The highest BCUT2D eigenvalue weighted by Gasteiger charge is 2.32. The number of nitrogens with one attached hydrogen (secondary N) is 1. The summed E-state index contributed by atoms with van der Waals surface area (Å²) in [5.41, 5.74) is 0.541. The number of rotatable bonds is 9. The number of benzene rings is 2. The van der Waals surface area contributed by atoms with Crippen molar-refractivity contribution < 1.29 is 26.0 Å². The smallest absolute Gasteiger partial charge is 0.243 e. The zero-order valence-electron chi connectivity index (χ0n) is 19.9. The molecule has 36 heavy (non-hydrogen) atoms. The van der Waals surface area contributed by atoms with Crippen molar-refractivity contribution >= 4 is 31.6 Å². The van der Waals surface area contributed by atoms with Crippen molar-refractivity contribution in [1.82, 2.24) is 8.61 Å². The van der Waals surface area contributed by atoms with Crippen LogP contribution >= 0.6 is 0 Å². The minimum atomic E-state index is -4.16. The molecule has 1 aromatic heterocycles. The van der Waals surface area contributed by atoms with Gasteiger partial charge in [-0.1, -0.05) is 24.6 Å². The number of para-hydroxylation sites is 1. The molecule has 1 aliphatic rings. The van der Waals surface area contributed by atoms with Crippen molar-refractivity contribution in [3.8, 4) is 0 Å².